The van der Waals surface area contributed by atoms with Gasteiger partial charge in [0, 0.05) is 30.7 Å². The summed E-state index contributed by atoms with van der Waals surface area (Å²) in [5.74, 6) is -0.940. The zero-order valence-corrected chi connectivity index (χ0v) is 18.9. The smallest absolute Gasteiger partial charge is 0.334 e. The van der Waals surface area contributed by atoms with Crippen LogP contribution in [-0.2, 0) is 35.7 Å². The summed E-state index contributed by atoms with van der Waals surface area (Å²) < 4.78 is 27.8. The van der Waals surface area contributed by atoms with Crippen LogP contribution < -0.4 is 5.32 Å². The average molecular weight is 484 g/mol. The van der Waals surface area contributed by atoms with Crippen molar-refractivity contribution in [1.29, 1.82) is 0 Å². The lowest BCUT2D eigenvalue weighted by Gasteiger charge is -2.17. The molecule has 0 aliphatic heterocycles. The van der Waals surface area contributed by atoms with E-state index in [2.05, 4.69) is 21.2 Å². The number of ether oxygens (including phenoxy) is 1. The molecule has 0 spiro atoms. The third kappa shape index (κ3) is 6.78. The lowest BCUT2D eigenvalue weighted by molar-refractivity contribution is -0.142. The van der Waals surface area contributed by atoms with Crippen LogP contribution in [0.2, 0.25) is 0 Å². The molecule has 0 unspecified atom stereocenters. The summed E-state index contributed by atoms with van der Waals surface area (Å²) in [6.45, 7) is 0. The molecule has 0 aliphatic rings. The minimum absolute atomic E-state index is 0.0935. The highest BCUT2D eigenvalue weighted by Gasteiger charge is 2.24. The molecule has 0 aromatic heterocycles. The van der Waals surface area contributed by atoms with Crippen LogP contribution in [0.4, 0.5) is 0 Å². The Balaban J connectivity index is 2.09. The van der Waals surface area contributed by atoms with E-state index in [1.165, 1.54) is 21.3 Å². The molecule has 0 bridgehead atoms. The van der Waals surface area contributed by atoms with Gasteiger partial charge in [-0.1, -0.05) is 40.2 Å². The molecule has 1 N–H and O–H groups in total. The maximum Gasteiger partial charge on any atom is 0.334 e. The number of hydrogen-bond donors (Lipinski definition) is 1. The first-order chi connectivity index (χ1) is 13.8. The molecule has 7 nitrogen and oxygen atoms in total. The number of halogens is 1. The van der Waals surface area contributed by atoms with E-state index < -0.39 is 25.5 Å². The van der Waals surface area contributed by atoms with Crippen LogP contribution in [-0.4, -0.2) is 39.2 Å². The topological polar surface area (TPSA) is 90.9 Å². The highest BCUT2D eigenvalue weighted by atomic mass is 79.9. The van der Waals surface area contributed by atoms with Crippen LogP contribution in [0.3, 0.4) is 0 Å². The third-order valence-electron chi connectivity index (χ3n) is 4.29. The largest absolute Gasteiger partial charge is 0.467 e. The second kappa shape index (κ2) is 10.7. The number of esters is 1. The fourth-order valence-electron chi connectivity index (χ4n) is 2.62. The Bertz CT molecular complexity index is 877. The summed E-state index contributed by atoms with van der Waals surface area (Å²) in [6, 6.07) is 13.2. The van der Waals surface area contributed by atoms with Crippen molar-refractivity contribution in [3.8, 4) is 0 Å². The van der Waals surface area contributed by atoms with Crippen molar-refractivity contribution >= 4 is 35.4 Å². The van der Waals surface area contributed by atoms with Gasteiger partial charge in [-0.25, -0.2) is 4.79 Å². The van der Waals surface area contributed by atoms with Gasteiger partial charge >= 0.3 is 13.6 Å². The van der Waals surface area contributed by atoms with Gasteiger partial charge in [-0.2, -0.15) is 0 Å². The van der Waals surface area contributed by atoms with Crippen molar-refractivity contribution < 1.29 is 27.9 Å². The zero-order valence-electron chi connectivity index (χ0n) is 16.4. The summed E-state index contributed by atoms with van der Waals surface area (Å²) in [5, 5.41) is 2.71. The summed E-state index contributed by atoms with van der Waals surface area (Å²) in [5.41, 5.74) is 1.95. The third-order valence-corrected chi connectivity index (χ3v) is 6.69. The predicted molar refractivity (Wildman–Crippen MR) is 113 cm³/mol. The van der Waals surface area contributed by atoms with Crippen LogP contribution in [0.15, 0.2) is 53.0 Å². The normalized spacial score (nSPS) is 12.3. The maximum atomic E-state index is 12.6. The standard InChI is InChI=1S/C20H23BrNO6P/c1-26-20(24)18(12-14-6-10-17(21)11-7-14)22-19(23)16-8-4-15(5-9-16)13-29(25,27-2)28-3/h4-11,18H,12-13H2,1-3H3,(H,22,23)/t18-/m1/s1. The van der Waals surface area contributed by atoms with Crippen LogP contribution in [0, 0.1) is 0 Å². The highest BCUT2D eigenvalue weighted by Crippen LogP contribution is 2.49. The van der Waals surface area contributed by atoms with Gasteiger partial charge in [-0.05, 0) is 35.4 Å². The molecule has 0 fully saturated rings. The molecule has 0 saturated heterocycles. The first-order valence-electron chi connectivity index (χ1n) is 8.73. The Morgan fingerprint density at radius 2 is 1.52 bits per heavy atom. The van der Waals surface area contributed by atoms with E-state index in [0.29, 0.717) is 17.5 Å². The van der Waals surface area contributed by atoms with Crippen molar-refractivity contribution in [1.82, 2.24) is 5.32 Å². The summed E-state index contributed by atoms with van der Waals surface area (Å²) in [4.78, 5) is 24.7. The highest BCUT2D eigenvalue weighted by molar-refractivity contribution is 9.10. The Morgan fingerprint density at radius 3 is 2.03 bits per heavy atom. The summed E-state index contributed by atoms with van der Waals surface area (Å²) in [6.07, 6.45) is 0.394. The van der Waals surface area contributed by atoms with Gasteiger partial charge in [0.1, 0.15) is 6.04 Å². The Hall–Kier alpha value is -1.99. The van der Waals surface area contributed by atoms with Gasteiger partial charge in [0.05, 0.1) is 13.3 Å². The molecule has 29 heavy (non-hydrogen) atoms. The quantitative estimate of drug-likeness (QED) is 0.428. The average Bonchev–Trinajstić information content (AvgIpc) is 2.74. The number of benzene rings is 2. The molecule has 0 saturated carbocycles. The first-order valence-corrected chi connectivity index (χ1v) is 11.2. The number of amides is 1. The van der Waals surface area contributed by atoms with Crippen LogP contribution >= 0.6 is 23.5 Å². The summed E-state index contributed by atoms with van der Waals surface area (Å²) in [7, 11) is 0.738. The van der Waals surface area contributed by atoms with Gasteiger partial charge < -0.3 is 19.1 Å². The van der Waals surface area contributed by atoms with E-state index in [1.807, 2.05) is 24.3 Å². The molecule has 2 aromatic carbocycles. The van der Waals surface area contributed by atoms with E-state index in [1.54, 1.807) is 24.3 Å². The van der Waals surface area contributed by atoms with Crippen molar-refractivity contribution in [3.05, 3.63) is 69.7 Å². The zero-order chi connectivity index (χ0) is 21.4. The van der Waals surface area contributed by atoms with Crippen LogP contribution in [0.1, 0.15) is 21.5 Å². The Kier molecular flexibility index (Phi) is 8.59. The van der Waals surface area contributed by atoms with Gasteiger partial charge in [0.2, 0.25) is 0 Å². The van der Waals surface area contributed by atoms with Crippen LogP contribution in [0.5, 0.6) is 0 Å². The number of hydrogen-bond acceptors (Lipinski definition) is 6. The maximum absolute atomic E-state index is 12.6. The fourth-order valence-corrected chi connectivity index (χ4v) is 3.95. The predicted octanol–water partition coefficient (Wildman–Crippen LogP) is 3.95. The second-order valence-electron chi connectivity index (χ2n) is 6.21. The number of nitrogens with one attached hydrogen (secondary N) is 1. The number of methoxy groups -OCH3 is 1. The Morgan fingerprint density at radius 1 is 0.966 bits per heavy atom. The van der Waals surface area contributed by atoms with E-state index in [4.69, 9.17) is 13.8 Å². The van der Waals surface area contributed by atoms with Gasteiger partial charge in [-0.15, -0.1) is 0 Å². The number of rotatable bonds is 9. The second-order valence-corrected chi connectivity index (χ2v) is 9.39. The fraction of sp³-hybridized carbons (Fsp3) is 0.300. The lowest BCUT2D eigenvalue weighted by atomic mass is 10.1. The molecular weight excluding hydrogens is 461 g/mol. The van der Waals surface area contributed by atoms with Crippen molar-refractivity contribution in [2.24, 2.45) is 0 Å². The lowest BCUT2D eigenvalue weighted by Crippen LogP contribution is -2.43. The number of carbonyl (C=O) groups excluding carboxylic acids is 2. The molecule has 2 rings (SSSR count). The molecule has 2 aromatic rings. The Labute approximate surface area is 178 Å². The molecule has 0 radical (unpaired) electrons. The molecule has 9 heteroatoms. The van der Waals surface area contributed by atoms with Crippen LogP contribution in [0.25, 0.3) is 0 Å². The van der Waals surface area contributed by atoms with E-state index in [-0.39, 0.29) is 6.16 Å². The van der Waals surface area contributed by atoms with Gasteiger partial charge in [0.15, 0.2) is 0 Å². The minimum atomic E-state index is -3.19. The molecule has 1 amide bonds. The van der Waals surface area contributed by atoms with Crippen molar-refractivity contribution in [2.75, 3.05) is 21.3 Å². The van der Waals surface area contributed by atoms with Crippen molar-refractivity contribution in [3.63, 3.8) is 0 Å². The molecular formula is C20H23BrNO6P. The van der Waals surface area contributed by atoms with Gasteiger partial charge in [-0.3, -0.25) is 9.36 Å². The minimum Gasteiger partial charge on any atom is -0.467 e. The molecule has 0 heterocycles. The van der Waals surface area contributed by atoms with E-state index >= 15 is 0 Å². The first kappa shape index (κ1) is 23.3. The monoisotopic (exact) mass is 483 g/mol. The molecule has 156 valence electrons. The van der Waals surface area contributed by atoms with E-state index in [9.17, 15) is 14.2 Å². The molecule has 0 aliphatic carbocycles. The SMILES string of the molecule is COC(=O)[C@@H](Cc1ccc(Br)cc1)NC(=O)c1ccc(CP(=O)(OC)OC)cc1. The van der Waals surface area contributed by atoms with Crippen molar-refractivity contribution in [2.45, 2.75) is 18.6 Å². The summed E-state index contributed by atoms with van der Waals surface area (Å²) >= 11 is 3.36. The molecule has 1 atom stereocenters. The van der Waals surface area contributed by atoms with E-state index in [0.717, 1.165) is 10.0 Å². The number of carbonyl (C=O) groups is 2. The van der Waals surface area contributed by atoms with Gasteiger partial charge in [0.25, 0.3) is 5.91 Å².